The summed E-state index contributed by atoms with van der Waals surface area (Å²) in [5, 5.41) is 6.93. The quantitative estimate of drug-likeness (QED) is 0.744. The van der Waals surface area contributed by atoms with Crippen molar-refractivity contribution in [3.63, 3.8) is 0 Å². The standard InChI is InChI=1S/C18H17N3O4S/c1-25-16-12-21(14-8-4-3-5-9-14)20-17(16)18(22)19-13-7-6-10-15(11-13)26(2,23)24/h3-12H,1-2H3,(H,19,22). The number of aromatic nitrogens is 2. The Kier molecular flexibility index (Phi) is 4.77. The molecule has 0 aliphatic rings. The Morgan fingerprint density at radius 2 is 1.85 bits per heavy atom. The molecule has 0 atom stereocenters. The third-order valence-electron chi connectivity index (χ3n) is 3.66. The topological polar surface area (TPSA) is 90.3 Å². The molecule has 134 valence electrons. The zero-order valence-corrected chi connectivity index (χ0v) is 15.0. The molecule has 0 aliphatic heterocycles. The van der Waals surface area contributed by atoms with Gasteiger partial charge < -0.3 is 10.1 Å². The lowest BCUT2D eigenvalue weighted by molar-refractivity contribution is 0.101. The predicted octanol–water partition coefficient (Wildman–Crippen LogP) is 2.54. The van der Waals surface area contributed by atoms with Crippen molar-refractivity contribution in [3.8, 4) is 11.4 Å². The number of methoxy groups -OCH3 is 1. The molecule has 1 aromatic heterocycles. The maximum atomic E-state index is 12.6. The van der Waals surface area contributed by atoms with E-state index < -0.39 is 15.7 Å². The van der Waals surface area contributed by atoms with Gasteiger partial charge >= 0.3 is 0 Å². The molecule has 1 heterocycles. The molecule has 1 N–H and O–H groups in total. The molecular weight excluding hydrogens is 354 g/mol. The lowest BCUT2D eigenvalue weighted by Gasteiger charge is -2.06. The van der Waals surface area contributed by atoms with Crippen LogP contribution < -0.4 is 10.1 Å². The molecule has 1 amide bonds. The fourth-order valence-electron chi connectivity index (χ4n) is 2.37. The van der Waals surface area contributed by atoms with Gasteiger partial charge in [0.15, 0.2) is 21.3 Å². The van der Waals surface area contributed by atoms with E-state index in [0.29, 0.717) is 11.4 Å². The summed E-state index contributed by atoms with van der Waals surface area (Å²) in [5.41, 5.74) is 1.24. The molecule has 7 nitrogen and oxygen atoms in total. The summed E-state index contributed by atoms with van der Waals surface area (Å²) in [4.78, 5) is 12.7. The van der Waals surface area contributed by atoms with Crippen LogP contribution in [-0.2, 0) is 9.84 Å². The Balaban J connectivity index is 1.90. The summed E-state index contributed by atoms with van der Waals surface area (Å²) in [7, 11) is -1.91. The van der Waals surface area contributed by atoms with E-state index in [0.717, 1.165) is 11.9 Å². The van der Waals surface area contributed by atoms with Gasteiger partial charge in [-0.25, -0.2) is 13.1 Å². The third-order valence-corrected chi connectivity index (χ3v) is 4.77. The van der Waals surface area contributed by atoms with Crippen molar-refractivity contribution in [1.29, 1.82) is 0 Å². The zero-order valence-electron chi connectivity index (χ0n) is 14.2. The lowest BCUT2D eigenvalue weighted by Crippen LogP contribution is -2.14. The highest BCUT2D eigenvalue weighted by atomic mass is 32.2. The van der Waals surface area contributed by atoms with Crippen LogP contribution in [0.5, 0.6) is 5.75 Å². The van der Waals surface area contributed by atoms with Gasteiger partial charge in [-0.05, 0) is 30.3 Å². The van der Waals surface area contributed by atoms with E-state index in [9.17, 15) is 13.2 Å². The first-order valence-electron chi connectivity index (χ1n) is 7.69. The monoisotopic (exact) mass is 371 g/mol. The maximum absolute atomic E-state index is 12.6. The number of para-hydroxylation sites is 1. The van der Waals surface area contributed by atoms with Gasteiger partial charge in [-0.15, -0.1) is 0 Å². The summed E-state index contributed by atoms with van der Waals surface area (Å²) in [6, 6.07) is 15.3. The molecule has 0 saturated carbocycles. The second-order valence-corrected chi connectivity index (χ2v) is 7.60. The van der Waals surface area contributed by atoms with Crippen molar-refractivity contribution < 1.29 is 17.9 Å². The van der Waals surface area contributed by atoms with Crippen LogP contribution in [0.2, 0.25) is 0 Å². The van der Waals surface area contributed by atoms with Gasteiger partial charge in [-0.2, -0.15) is 5.10 Å². The van der Waals surface area contributed by atoms with Crippen LogP contribution in [-0.4, -0.2) is 37.5 Å². The summed E-state index contributed by atoms with van der Waals surface area (Å²) in [6.45, 7) is 0. The number of nitrogens with zero attached hydrogens (tertiary/aromatic N) is 2. The molecule has 0 fully saturated rings. The molecule has 0 unspecified atom stereocenters. The summed E-state index contributed by atoms with van der Waals surface area (Å²) in [5.74, 6) is -0.187. The fraction of sp³-hybridized carbons (Fsp3) is 0.111. The number of hydrogen-bond acceptors (Lipinski definition) is 5. The number of benzene rings is 2. The van der Waals surface area contributed by atoms with Crippen molar-refractivity contribution in [1.82, 2.24) is 9.78 Å². The summed E-state index contributed by atoms with van der Waals surface area (Å²) < 4.78 is 30.1. The molecule has 0 saturated heterocycles. The highest BCUT2D eigenvalue weighted by Gasteiger charge is 2.19. The first kappa shape index (κ1) is 17.7. The van der Waals surface area contributed by atoms with E-state index in [2.05, 4.69) is 10.4 Å². The van der Waals surface area contributed by atoms with Crippen LogP contribution >= 0.6 is 0 Å². The number of sulfone groups is 1. The Bertz CT molecular complexity index is 1040. The number of carbonyl (C=O) groups excluding carboxylic acids is 1. The molecule has 26 heavy (non-hydrogen) atoms. The first-order chi connectivity index (χ1) is 12.4. The van der Waals surface area contributed by atoms with Crippen LogP contribution in [0.3, 0.4) is 0 Å². The minimum Gasteiger partial charge on any atom is -0.493 e. The van der Waals surface area contributed by atoms with Gasteiger partial charge in [-0.3, -0.25) is 4.79 Å². The molecule has 8 heteroatoms. The van der Waals surface area contributed by atoms with Crippen LogP contribution in [0, 0.1) is 0 Å². The van der Waals surface area contributed by atoms with Crippen molar-refractivity contribution >= 4 is 21.4 Å². The number of hydrogen-bond donors (Lipinski definition) is 1. The number of nitrogens with one attached hydrogen (secondary N) is 1. The van der Waals surface area contributed by atoms with E-state index >= 15 is 0 Å². The third kappa shape index (κ3) is 3.75. The number of carbonyl (C=O) groups is 1. The van der Waals surface area contributed by atoms with Gasteiger partial charge in [0.1, 0.15) is 0 Å². The van der Waals surface area contributed by atoms with Crippen molar-refractivity contribution in [2.45, 2.75) is 4.90 Å². The average molecular weight is 371 g/mol. The van der Waals surface area contributed by atoms with Crippen LogP contribution in [0.4, 0.5) is 5.69 Å². The van der Waals surface area contributed by atoms with E-state index in [1.54, 1.807) is 23.0 Å². The molecule has 0 aliphatic carbocycles. The van der Waals surface area contributed by atoms with Crippen molar-refractivity contribution in [2.75, 3.05) is 18.7 Å². The molecule has 3 aromatic rings. The molecule has 0 bridgehead atoms. The van der Waals surface area contributed by atoms with Crippen LogP contribution in [0.25, 0.3) is 5.69 Å². The molecule has 3 rings (SSSR count). The van der Waals surface area contributed by atoms with Crippen LogP contribution in [0.15, 0.2) is 65.7 Å². The largest absolute Gasteiger partial charge is 0.493 e. The Hall–Kier alpha value is -3.13. The normalized spacial score (nSPS) is 11.2. The maximum Gasteiger partial charge on any atom is 0.280 e. The minimum absolute atomic E-state index is 0.0983. The molecule has 2 aromatic carbocycles. The van der Waals surface area contributed by atoms with Gasteiger partial charge in [0.2, 0.25) is 0 Å². The van der Waals surface area contributed by atoms with Crippen molar-refractivity contribution in [3.05, 3.63) is 66.5 Å². The predicted molar refractivity (Wildman–Crippen MR) is 97.6 cm³/mol. The molecule has 0 radical (unpaired) electrons. The zero-order chi connectivity index (χ0) is 18.7. The van der Waals surface area contributed by atoms with Gasteiger partial charge in [0, 0.05) is 11.9 Å². The summed E-state index contributed by atoms with van der Waals surface area (Å²) in [6.07, 6.45) is 2.72. The minimum atomic E-state index is -3.37. The van der Waals surface area contributed by atoms with E-state index in [-0.39, 0.29) is 10.6 Å². The highest BCUT2D eigenvalue weighted by Crippen LogP contribution is 2.22. The smallest absolute Gasteiger partial charge is 0.280 e. The average Bonchev–Trinajstić information content (AvgIpc) is 3.06. The van der Waals surface area contributed by atoms with E-state index in [1.807, 2.05) is 30.3 Å². The second-order valence-electron chi connectivity index (χ2n) is 5.58. The van der Waals surface area contributed by atoms with Crippen LogP contribution in [0.1, 0.15) is 10.5 Å². The highest BCUT2D eigenvalue weighted by molar-refractivity contribution is 7.90. The van der Waals surface area contributed by atoms with Gasteiger partial charge in [-0.1, -0.05) is 24.3 Å². The van der Waals surface area contributed by atoms with Crippen molar-refractivity contribution in [2.24, 2.45) is 0 Å². The number of rotatable bonds is 5. The van der Waals surface area contributed by atoms with Gasteiger partial charge in [0.05, 0.1) is 23.9 Å². The molecular formula is C18H17N3O4S. The number of amides is 1. The summed E-state index contributed by atoms with van der Waals surface area (Å²) >= 11 is 0. The Labute approximate surface area is 151 Å². The number of ether oxygens (including phenoxy) is 1. The molecule has 0 spiro atoms. The first-order valence-corrected chi connectivity index (χ1v) is 9.58. The van der Waals surface area contributed by atoms with E-state index in [1.165, 1.54) is 19.2 Å². The van der Waals surface area contributed by atoms with Gasteiger partial charge in [0.25, 0.3) is 5.91 Å². The Morgan fingerprint density at radius 1 is 1.12 bits per heavy atom. The van der Waals surface area contributed by atoms with E-state index in [4.69, 9.17) is 4.74 Å². The second kappa shape index (κ2) is 7.01. The number of anilines is 1. The Morgan fingerprint density at radius 3 is 2.50 bits per heavy atom. The lowest BCUT2D eigenvalue weighted by atomic mass is 10.3. The SMILES string of the molecule is COc1cn(-c2ccccc2)nc1C(=O)Nc1cccc(S(C)(=O)=O)c1. The fourth-order valence-corrected chi connectivity index (χ4v) is 3.04.